The van der Waals surface area contributed by atoms with E-state index in [-0.39, 0.29) is 5.91 Å². The molecule has 2 aliphatic heterocycles. The van der Waals surface area contributed by atoms with Gasteiger partial charge < -0.3 is 19.3 Å². The van der Waals surface area contributed by atoms with Crippen LogP contribution < -0.4 is 14.4 Å². The van der Waals surface area contributed by atoms with Crippen molar-refractivity contribution in [1.82, 2.24) is 9.88 Å². The number of benzene rings is 2. The van der Waals surface area contributed by atoms with Crippen molar-refractivity contribution < 1.29 is 14.3 Å². The number of carbonyl (C=O) groups is 1. The van der Waals surface area contributed by atoms with Crippen molar-refractivity contribution in [1.29, 1.82) is 0 Å². The number of aromatic nitrogens is 1. The summed E-state index contributed by atoms with van der Waals surface area (Å²) >= 11 is 7.74. The smallest absolute Gasteiger partial charge is 0.261 e. The number of amides is 1. The van der Waals surface area contributed by atoms with Crippen LogP contribution in [0.4, 0.5) is 5.13 Å². The van der Waals surface area contributed by atoms with Gasteiger partial charge in [-0.15, -0.1) is 0 Å². The number of ether oxygens (including phenoxy) is 2. The number of carbonyl (C=O) groups excluding carboxylic acids is 1. The van der Waals surface area contributed by atoms with Gasteiger partial charge in [-0.2, -0.15) is 0 Å². The van der Waals surface area contributed by atoms with Crippen LogP contribution in [-0.4, -0.2) is 49.6 Å². The van der Waals surface area contributed by atoms with Gasteiger partial charge in [0.25, 0.3) is 5.91 Å². The van der Waals surface area contributed by atoms with Gasteiger partial charge in [-0.1, -0.05) is 29.0 Å². The normalized spacial score (nSPS) is 18.0. The Bertz CT molecular complexity index is 1150. The molecular formula is C22H20ClN3O3S. The van der Waals surface area contributed by atoms with E-state index in [9.17, 15) is 4.79 Å². The topological polar surface area (TPSA) is 54.9 Å². The lowest BCUT2D eigenvalue weighted by atomic mass is 10.1. The molecule has 3 heterocycles. The first-order valence-electron chi connectivity index (χ1n) is 9.61. The molecule has 0 bridgehead atoms. The summed E-state index contributed by atoms with van der Waals surface area (Å²) in [7, 11) is 3.13. The molecule has 1 aromatic heterocycles. The van der Waals surface area contributed by atoms with Crippen LogP contribution in [0.25, 0.3) is 10.2 Å². The number of rotatable bonds is 4. The maximum Gasteiger partial charge on any atom is 0.261 e. The van der Waals surface area contributed by atoms with E-state index < -0.39 is 0 Å². The first-order chi connectivity index (χ1) is 14.6. The largest absolute Gasteiger partial charge is 0.496 e. The van der Waals surface area contributed by atoms with Crippen LogP contribution in [0.3, 0.4) is 0 Å². The molecule has 0 aliphatic carbocycles. The number of likely N-dealkylation sites (tertiary alicyclic amines) is 1. The lowest BCUT2D eigenvalue weighted by Gasteiger charge is -2.21. The third kappa shape index (κ3) is 3.18. The lowest BCUT2D eigenvalue weighted by molar-refractivity contribution is 0.0782. The van der Waals surface area contributed by atoms with Crippen LogP contribution in [-0.2, 0) is 0 Å². The molecule has 1 atom stereocenters. The van der Waals surface area contributed by atoms with Crippen LogP contribution in [0.2, 0.25) is 5.02 Å². The monoisotopic (exact) mass is 441 g/mol. The van der Waals surface area contributed by atoms with Gasteiger partial charge in [-0.25, -0.2) is 4.98 Å². The van der Waals surface area contributed by atoms with Crippen molar-refractivity contribution in [3.8, 4) is 11.5 Å². The van der Waals surface area contributed by atoms with Gasteiger partial charge in [0.1, 0.15) is 17.1 Å². The third-order valence-corrected chi connectivity index (χ3v) is 6.88. The van der Waals surface area contributed by atoms with Crippen molar-refractivity contribution in [2.75, 3.05) is 38.8 Å². The molecule has 1 saturated heterocycles. The van der Waals surface area contributed by atoms with Gasteiger partial charge in [-0.3, -0.25) is 4.79 Å². The second-order valence-corrected chi connectivity index (χ2v) is 8.83. The van der Waals surface area contributed by atoms with Gasteiger partial charge in [-0.05, 0) is 35.9 Å². The molecule has 154 valence electrons. The molecule has 6 nitrogen and oxygen atoms in total. The quantitative estimate of drug-likeness (QED) is 0.599. The summed E-state index contributed by atoms with van der Waals surface area (Å²) in [5, 5.41) is 1.67. The van der Waals surface area contributed by atoms with E-state index in [2.05, 4.69) is 11.1 Å². The molecule has 3 aromatic rings. The summed E-state index contributed by atoms with van der Waals surface area (Å²) in [6.45, 7) is 2.08. The maximum absolute atomic E-state index is 13.2. The highest BCUT2D eigenvalue weighted by Crippen LogP contribution is 2.38. The number of thiazole rings is 1. The van der Waals surface area contributed by atoms with Crippen LogP contribution in [0.5, 0.6) is 11.5 Å². The zero-order valence-electron chi connectivity index (χ0n) is 16.6. The molecule has 30 heavy (non-hydrogen) atoms. The maximum atomic E-state index is 13.2. The molecule has 0 spiro atoms. The number of anilines is 1. The number of methoxy groups -OCH3 is 2. The molecule has 2 aliphatic rings. The molecule has 0 radical (unpaired) electrons. The SMILES string of the molecule is COc1cccc(OC)c1C(=O)N1CC2=CN(c3nc4ccc(Cl)cc4s3)CC2C1. The summed E-state index contributed by atoms with van der Waals surface area (Å²) in [6.07, 6.45) is 2.14. The zero-order chi connectivity index (χ0) is 20.8. The van der Waals surface area contributed by atoms with Crippen molar-refractivity contribution in [2.24, 2.45) is 5.92 Å². The summed E-state index contributed by atoms with van der Waals surface area (Å²) in [5.41, 5.74) is 2.67. The van der Waals surface area contributed by atoms with Crippen LogP contribution in [0, 0.1) is 5.92 Å². The predicted octanol–water partition coefficient (Wildman–Crippen LogP) is 4.44. The Morgan fingerprint density at radius 2 is 1.93 bits per heavy atom. The van der Waals surface area contributed by atoms with Crippen molar-refractivity contribution in [3.63, 3.8) is 0 Å². The molecule has 0 N–H and O–H groups in total. The highest BCUT2D eigenvalue weighted by molar-refractivity contribution is 7.22. The fraction of sp³-hybridized carbons (Fsp3) is 0.273. The number of nitrogens with zero attached hydrogens (tertiary/aromatic N) is 3. The van der Waals surface area contributed by atoms with E-state index in [0.29, 0.717) is 36.1 Å². The van der Waals surface area contributed by atoms with E-state index >= 15 is 0 Å². The van der Waals surface area contributed by atoms with E-state index in [1.54, 1.807) is 37.7 Å². The fourth-order valence-corrected chi connectivity index (χ4v) is 5.35. The van der Waals surface area contributed by atoms with E-state index in [1.807, 2.05) is 29.2 Å². The fourth-order valence-electron chi connectivity index (χ4n) is 4.13. The Morgan fingerprint density at radius 3 is 2.63 bits per heavy atom. The Hall–Kier alpha value is -2.77. The molecule has 2 aromatic carbocycles. The van der Waals surface area contributed by atoms with Crippen molar-refractivity contribution >= 4 is 44.2 Å². The molecule has 8 heteroatoms. The second-order valence-electron chi connectivity index (χ2n) is 7.38. The highest BCUT2D eigenvalue weighted by Gasteiger charge is 2.38. The minimum atomic E-state index is -0.0687. The highest BCUT2D eigenvalue weighted by atomic mass is 35.5. The predicted molar refractivity (Wildman–Crippen MR) is 119 cm³/mol. The average Bonchev–Trinajstić information content (AvgIpc) is 3.44. The first-order valence-corrected chi connectivity index (χ1v) is 10.8. The van der Waals surface area contributed by atoms with Crippen molar-refractivity contribution in [3.05, 3.63) is 58.8 Å². The van der Waals surface area contributed by atoms with E-state index in [4.69, 9.17) is 26.1 Å². The number of fused-ring (bicyclic) bond motifs is 2. The van der Waals surface area contributed by atoms with Gasteiger partial charge >= 0.3 is 0 Å². The Balaban J connectivity index is 1.37. The zero-order valence-corrected chi connectivity index (χ0v) is 18.2. The minimum absolute atomic E-state index is 0.0687. The lowest BCUT2D eigenvalue weighted by Crippen LogP contribution is -2.31. The molecular weight excluding hydrogens is 422 g/mol. The van der Waals surface area contributed by atoms with Gasteiger partial charge in [0.2, 0.25) is 0 Å². The molecule has 1 fully saturated rings. The van der Waals surface area contributed by atoms with E-state index in [0.717, 1.165) is 26.9 Å². The summed E-state index contributed by atoms with van der Waals surface area (Å²) in [4.78, 5) is 22.0. The average molecular weight is 442 g/mol. The summed E-state index contributed by atoms with van der Waals surface area (Å²) < 4.78 is 11.9. The van der Waals surface area contributed by atoms with Gasteiger partial charge in [0.05, 0.1) is 24.4 Å². The van der Waals surface area contributed by atoms with Crippen LogP contribution in [0.1, 0.15) is 10.4 Å². The first kappa shape index (κ1) is 19.2. The van der Waals surface area contributed by atoms with Crippen LogP contribution in [0.15, 0.2) is 48.2 Å². The molecule has 1 amide bonds. The Kier molecular flexibility index (Phi) is 4.79. The van der Waals surface area contributed by atoms with Crippen molar-refractivity contribution in [2.45, 2.75) is 0 Å². The minimum Gasteiger partial charge on any atom is -0.496 e. The van der Waals surface area contributed by atoms with Gasteiger partial charge in [0.15, 0.2) is 5.13 Å². The molecule has 5 rings (SSSR count). The number of hydrogen-bond acceptors (Lipinski definition) is 6. The standard InChI is InChI=1S/C22H20ClN3O3S/c1-28-17-4-3-5-18(29-2)20(17)21(27)25-9-13-11-26(12-14(13)10-25)22-24-16-7-6-15(23)8-19(16)30-22/h3-8,11,14H,9-10,12H2,1-2H3. The second kappa shape index (κ2) is 7.49. The Labute approximate surface area is 183 Å². The molecule has 0 saturated carbocycles. The van der Waals surface area contributed by atoms with Gasteiger partial charge in [0, 0.05) is 36.8 Å². The summed E-state index contributed by atoms with van der Waals surface area (Å²) in [5.74, 6) is 1.28. The van der Waals surface area contributed by atoms with Crippen LogP contribution >= 0.6 is 22.9 Å². The number of hydrogen-bond donors (Lipinski definition) is 0. The third-order valence-electron chi connectivity index (χ3n) is 5.59. The van der Waals surface area contributed by atoms with E-state index in [1.165, 1.54) is 5.57 Å². The Morgan fingerprint density at radius 1 is 1.17 bits per heavy atom. The molecule has 1 unspecified atom stereocenters. The summed E-state index contributed by atoms with van der Waals surface area (Å²) in [6, 6.07) is 11.1. The number of halogens is 1.